The molecule has 0 aromatic heterocycles. The quantitative estimate of drug-likeness (QED) is 0.778. The smallest absolute Gasteiger partial charge is 0.309 e. The summed E-state index contributed by atoms with van der Waals surface area (Å²) in [4.78, 5) is 35.7. The van der Waals surface area contributed by atoms with E-state index in [0.717, 1.165) is 0 Å². The minimum atomic E-state index is -0.830. The molecule has 2 rings (SSSR count). The Balaban J connectivity index is 1.90. The van der Waals surface area contributed by atoms with Gasteiger partial charge in [0.2, 0.25) is 5.91 Å². The number of Topliss-reactive ketones (excluding diaryl/α,β-unsaturated/α-hetero) is 1. The van der Waals surface area contributed by atoms with E-state index in [4.69, 9.17) is 5.11 Å². The number of carbonyl (C=O) groups excluding carboxylic acids is 2. The first-order valence-corrected chi connectivity index (χ1v) is 6.32. The fraction of sp³-hybridized carbons (Fsp3) is 0.357. The van der Waals surface area contributed by atoms with Crippen LogP contribution in [0.3, 0.4) is 0 Å². The summed E-state index contributed by atoms with van der Waals surface area (Å²) in [6, 6.07) is 6.80. The number of rotatable bonds is 5. The predicted molar refractivity (Wildman–Crippen MR) is 72.6 cm³/mol. The molecule has 2 N–H and O–H groups in total. The summed E-state index contributed by atoms with van der Waals surface area (Å²) in [6.45, 7) is 2.35. The molecule has 1 amide bonds. The van der Waals surface area contributed by atoms with Crippen LogP contribution < -0.4 is 5.32 Å². The monoisotopic (exact) mass is 276 g/mol. The standard InChI is InChI=1S/C14H16N2O4/c1-9(17)11-4-2-3-5-12(11)15-13(18)8-16-6-10(7-16)14(19)20/h2-5,10H,6-8H2,1H3,(H,15,18)(H,19,20). The maximum atomic E-state index is 11.9. The SMILES string of the molecule is CC(=O)c1ccccc1NC(=O)CN1CC(C(=O)O)C1. The van der Waals surface area contributed by atoms with Crippen molar-refractivity contribution in [2.24, 2.45) is 5.92 Å². The van der Waals surface area contributed by atoms with Crippen molar-refractivity contribution in [3.63, 3.8) is 0 Å². The Morgan fingerprint density at radius 3 is 2.55 bits per heavy atom. The number of benzene rings is 1. The molecule has 6 heteroatoms. The summed E-state index contributed by atoms with van der Waals surface area (Å²) >= 11 is 0. The molecule has 0 radical (unpaired) electrons. The molecule has 1 aliphatic rings. The lowest BCUT2D eigenvalue weighted by atomic mass is 10.0. The summed E-state index contributed by atoms with van der Waals surface area (Å²) < 4.78 is 0. The van der Waals surface area contributed by atoms with E-state index in [1.54, 1.807) is 29.2 Å². The van der Waals surface area contributed by atoms with Gasteiger partial charge in [0, 0.05) is 18.7 Å². The minimum Gasteiger partial charge on any atom is -0.481 e. The summed E-state index contributed by atoms with van der Waals surface area (Å²) in [5.41, 5.74) is 0.952. The van der Waals surface area contributed by atoms with Crippen LogP contribution in [-0.2, 0) is 9.59 Å². The second-order valence-corrected chi connectivity index (χ2v) is 4.88. The Labute approximate surface area is 116 Å². The van der Waals surface area contributed by atoms with Crippen LogP contribution in [0.25, 0.3) is 0 Å². The van der Waals surface area contributed by atoms with Crippen molar-refractivity contribution in [3.8, 4) is 0 Å². The second kappa shape index (κ2) is 5.83. The van der Waals surface area contributed by atoms with Crippen LogP contribution in [0.1, 0.15) is 17.3 Å². The zero-order valence-corrected chi connectivity index (χ0v) is 11.1. The third kappa shape index (κ3) is 3.21. The molecule has 0 saturated carbocycles. The van der Waals surface area contributed by atoms with Crippen molar-refractivity contribution in [3.05, 3.63) is 29.8 Å². The van der Waals surface area contributed by atoms with Gasteiger partial charge >= 0.3 is 5.97 Å². The summed E-state index contributed by atoms with van der Waals surface area (Å²) in [6.07, 6.45) is 0. The number of para-hydroxylation sites is 1. The Hall–Kier alpha value is -2.21. The minimum absolute atomic E-state index is 0.115. The third-order valence-corrected chi connectivity index (χ3v) is 3.25. The highest BCUT2D eigenvalue weighted by molar-refractivity contribution is 6.04. The highest BCUT2D eigenvalue weighted by atomic mass is 16.4. The van der Waals surface area contributed by atoms with Crippen molar-refractivity contribution < 1.29 is 19.5 Å². The molecule has 0 spiro atoms. The van der Waals surface area contributed by atoms with E-state index in [2.05, 4.69) is 5.32 Å². The number of nitrogens with zero attached hydrogens (tertiary/aromatic N) is 1. The van der Waals surface area contributed by atoms with Crippen molar-refractivity contribution in [1.29, 1.82) is 0 Å². The Morgan fingerprint density at radius 1 is 1.30 bits per heavy atom. The molecular formula is C14H16N2O4. The normalized spacial score (nSPS) is 15.4. The number of ketones is 1. The summed E-state index contributed by atoms with van der Waals surface area (Å²) in [5.74, 6) is -1.57. The first-order chi connectivity index (χ1) is 9.47. The van der Waals surface area contributed by atoms with Gasteiger partial charge in [-0.2, -0.15) is 0 Å². The first-order valence-electron chi connectivity index (χ1n) is 6.32. The number of hydrogen-bond donors (Lipinski definition) is 2. The lowest BCUT2D eigenvalue weighted by Gasteiger charge is -2.35. The van der Waals surface area contributed by atoms with Crippen LogP contribution in [0.4, 0.5) is 5.69 Å². The van der Waals surface area contributed by atoms with Crippen LogP contribution in [0.15, 0.2) is 24.3 Å². The van der Waals surface area contributed by atoms with Crippen LogP contribution in [0, 0.1) is 5.92 Å². The number of amides is 1. The number of nitrogens with one attached hydrogen (secondary N) is 1. The van der Waals surface area contributed by atoms with Gasteiger partial charge in [0.1, 0.15) is 0 Å². The predicted octanol–water partition coefficient (Wildman–Crippen LogP) is 0.844. The fourth-order valence-corrected chi connectivity index (χ4v) is 2.15. The number of hydrogen-bond acceptors (Lipinski definition) is 4. The van der Waals surface area contributed by atoms with Crippen molar-refractivity contribution in [1.82, 2.24) is 4.90 Å². The van der Waals surface area contributed by atoms with Gasteiger partial charge < -0.3 is 10.4 Å². The summed E-state index contributed by atoms with van der Waals surface area (Å²) in [7, 11) is 0. The maximum Gasteiger partial charge on any atom is 0.309 e. The Kier molecular flexibility index (Phi) is 4.14. The van der Waals surface area contributed by atoms with Crippen molar-refractivity contribution in [2.75, 3.05) is 25.0 Å². The van der Waals surface area contributed by atoms with E-state index in [0.29, 0.717) is 24.3 Å². The van der Waals surface area contributed by atoms with E-state index >= 15 is 0 Å². The zero-order chi connectivity index (χ0) is 14.7. The van der Waals surface area contributed by atoms with Gasteiger partial charge in [-0.15, -0.1) is 0 Å². The van der Waals surface area contributed by atoms with E-state index in [9.17, 15) is 14.4 Å². The Morgan fingerprint density at radius 2 is 1.95 bits per heavy atom. The molecule has 1 aliphatic heterocycles. The second-order valence-electron chi connectivity index (χ2n) is 4.88. The molecular weight excluding hydrogens is 260 g/mol. The zero-order valence-electron chi connectivity index (χ0n) is 11.1. The van der Waals surface area contributed by atoms with Gasteiger partial charge in [-0.1, -0.05) is 12.1 Å². The lowest BCUT2D eigenvalue weighted by molar-refractivity contribution is -0.148. The average Bonchev–Trinajstić information content (AvgIpc) is 2.33. The van der Waals surface area contributed by atoms with Crippen molar-refractivity contribution >= 4 is 23.3 Å². The molecule has 20 heavy (non-hydrogen) atoms. The van der Waals surface area contributed by atoms with Gasteiger partial charge in [-0.05, 0) is 19.1 Å². The van der Waals surface area contributed by atoms with Gasteiger partial charge in [0.05, 0.1) is 18.2 Å². The van der Waals surface area contributed by atoms with E-state index < -0.39 is 5.97 Å². The molecule has 0 atom stereocenters. The highest BCUT2D eigenvalue weighted by Crippen LogP contribution is 2.17. The first kappa shape index (κ1) is 14.2. The molecule has 1 aromatic rings. The highest BCUT2D eigenvalue weighted by Gasteiger charge is 2.33. The van der Waals surface area contributed by atoms with Gasteiger partial charge in [0.25, 0.3) is 0 Å². The van der Waals surface area contributed by atoms with Crippen LogP contribution in [0.5, 0.6) is 0 Å². The molecule has 1 aromatic carbocycles. The molecule has 1 saturated heterocycles. The molecule has 1 heterocycles. The van der Waals surface area contributed by atoms with Crippen LogP contribution >= 0.6 is 0 Å². The molecule has 0 unspecified atom stereocenters. The van der Waals surface area contributed by atoms with Crippen LogP contribution in [0.2, 0.25) is 0 Å². The third-order valence-electron chi connectivity index (χ3n) is 3.25. The van der Waals surface area contributed by atoms with Crippen LogP contribution in [-0.4, -0.2) is 47.3 Å². The van der Waals surface area contributed by atoms with E-state index in [1.807, 2.05) is 0 Å². The molecule has 0 bridgehead atoms. The largest absolute Gasteiger partial charge is 0.481 e. The topological polar surface area (TPSA) is 86.7 Å². The number of aliphatic carboxylic acids is 1. The number of carboxylic acids is 1. The lowest BCUT2D eigenvalue weighted by Crippen LogP contribution is -2.52. The number of carbonyl (C=O) groups is 3. The molecule has 106 valence electrons. The number of likely N-dealkylation sites (tertiary alicyclic amines) is 1. The average molecular weight is 276 g/mol. The molecule has 1 fully saturated rings. The van der Waals surface area contributed by atoms with Gasteiger partial charge in [-0.3, -0.25) is 19.3 Å². The van der Waals surface area contributed by atoms with E-state index in [-0.39, 0.29) is 24.2 Å². The fourth-order valence-electron chi connectivity index (χ4n) is 2.15. The number of anilines is 1. The molecule has 0 aliphatic carbocycles. The van der Waals surface area contributed by atoms with Gasteiger partial charge in [-0.25, -0.2) is 0 Å². The Bertz CT molecular complexity index is 550. The van der Waals surface area contributed by atoms with E-state index in [1.165, 1.54) is 6.92 Å². The maximum absolute atomic E-state index is 11.9. The molecule has 6 nitrogen and oxygen atoms in total. The van der Waals surface area contributed by atoms with Gasteiger partial charge in [0.15, 0.2) is 5.78 Å². The number of carboxylic acid groups (broad SMARTS) is 1. The van der Waals surface area contributed by atoms with Crippen molar-refractivity contribution in [2.45, 2.75) is 6.92 Å². The summed E-state index contributed by atoms with van der Waals surface area (Å²) in [5, 5.41) is 11.4.